The lowest BCUT2D eigenvalue weighted by Crippen LogP contribution is -2.63. The van der Waals surface area contributed by atoms with Crippen LogP contribution in [-0.2, 0) is 16.0 Å². The average Bonchev–Trinajstić information content (AvgIpc) is 3.32. The number of likely N-dealkylation sites (tertiary alicyclic amines) is 1. The summed E-state index contributed by atoms with van der Waals surface area (Å²) in [6, 6.07) is 3.52. The summed E-state index contributed by atoms with van der Waals surface area (Å²) in [6.45, 7) is 3.24. The van der Waals surface area contributed by atoms with Crippen molar-refractivity contribution < 1.29 is 18.7 Å². The number of ether oxygens (including phenoxy) is 2. The first-order valence-corrected chi connectivity index (χ1v) is 8.51. The van der Waals surface area contributed by atoms with Crippen LogP contribution in [0.3, 0.4) is 0 Å². The maximum Gasteiger partial charge on any atom is 0.289 e. The van der Waals surface area contributed by atoms with Crippen molar-refractivity contribution in [2.75, 3.05) is 33.4 Å². The fourth-order valence-corrected chi connectivity index (χ4v) is 3.63. The molecule has 1 unspecified atom stereocenters. The predicted molar refractivity (Wildman–Crippen MR) is 87.0 cm³/mol. The van der Waals surface area contributed by atoms with Crippen LogP contribution in [0.1, 0.15) is 29.2 Å². The summed E-state index contributed by atoms with van der Waals surface area (Å²) >= 11 is 0. The molecule has 8 nitrogen and oxygen atoms in total. The molecule has 134 valence electrons. The van der Waals surface area contributed by atoms with Gasteiger partial charge in [0.1, 0.15) is 30.6 Å². The molecule has 0 radical (unpaired) electrons. The number of rotatable bonds is 6. The van der Waals surface area contributed by atoms with E-state index in [4.69, 9.17) is 13.9 Å². The van der Waals surface area contributed by atoms with Crippen LogP contribution in [0.4, 0.5) is 0 Å². The topological polar surface area (TPSA) is 82.6 Å². The quantitative estimate of drug-likeness (QED) is 0.781. The lowest BCUT2D eigenvalue weighted by atomic mass is 9.86. The average molecular weight is 346 g/mol. The number of carbonyl (C=O) groups excluding carboxylic acids is 1. The molecule has 2 fully saturated rings. The molecule has 1 atom stereocenters. The van der Waals surface area contributed by atoms with Crippen molar-refractivity contribution in [2.45, 2.75) is 25.0 Å². The van der Waals surface area contributed by atoms with Gasteiger partial charge >= 0.3 is 0 Å². The van der Waals surface area contributed by atoms with Gasteiger partial charge in [-0.1, -0.05) is 0 Å². The highest BCUT2D eigenvalue weighted by atomic mass is 16.5. The molecule has 1 spiro atoms. The Bertz CT molecular complexity index is 721. The summed E-state index contributed by atoms with van der Waals surface area (Å²) in [5.74, 6) is 1.48. The first kappa shape index (κ1) is 16.3. The Kier molecular flexibility index (Phi) is 4.30. The van der Waals surface area contributed by atoms with E-state index < -0.39 is 0 Å². The molecule has 0 aliphatic carbocycles. The second-order valence-electron chi connectivity index (χ2n) is 6.87. The van der Waals surface area contributed by atoms with Gasteiger partial charge < -0.3 is 18.8 Å². The lowest BCUT2D eigenvalue weighted by Gasteiger charge is -2.46. The highest BCUT2D eigenvalue weighted by Gasteiger charge is 2.51. The van der Waals surface area contributed by atoms with Gasteiger partial charge in [-0.3, -0.25) is 4.79 Å². The number of hydrogen-bond donors (Lipinski definition) is 0. The molecule has 2 aromatic heterocycles. The molecule has 2 saturated heterocycles. The molecule has 0 N–H and O–H groups in total. The van der Waals surface area contributed by atoms with Crippen LogP contribution in [0, 0.1) is 5.92 Å². The number of hydrogen-bond acceptors (Lipinski definition) is 6. The summed E-state index contributed by atoms with van der Waals surface area (Å²) in [4.78, 5) is 18.2. The van der Waals surface area contributed by atoms with Crippen molar-refractivity contribution in [1.29, 1.82) is 0 Å². The van der Waals surface area contributed by atoms with E-state index in [9.17, 15) is 4.79 Å². The largest absolute Gasteiger partial charge is 0.454 e. The van der Waals surface area contributed by atoms with E-state index in [2.05, 4.69) is 10.1 Å². The number of amides is 1. The maximum absolute atomic E-state index is 12.6. The second-order valence-corrected chi connectivity index (χ2v) is 6.87. The zero-order valence-electron chi connectivity index (χ0n) is 14.3. The Hall–Kier alpha value is -2.19. The third kappa shape index (κ3) is 3.32. The molecule has 0 saturated carbocycles. The number of carbonyl (C=O) groups is 1. The first-order valence-electron chi connectivity index (χ1n) is 8.51. The fraction of sp³-hybridized carbons (Fsp3) is 0.588. The second kappa shape index (κ2) is 6.61. The number of furan rings is 1. The molecule has 0 aromatic carbocycles. The van der Waals surface area contributed by atoms with Crippen molar-refractivity contribution in [3.63, 3.8) is 0 Å². The van der Waals surface area contributed by atoms with Gasteiger partial charge in [0.25, 0.3) is 5.91 Å². The van der Waals surface area contributed by atoms with Crippen LogP contribution in [0.15, 0.2) is 29.2 Å². The van der Waals surface area contributed by atoms with Gasteiger partial charge in [-0.05, 0) is 30.9 Å². The highest BCUT2D eigenvalue weighted by molar-refractivity contribution is 5.92. The van der Waals surface area contributed by atoms with Crippen LogP contribution in [0.25, 0.3) is 0 Å². The van der Waals surface area contributed by atoms with E-state index in [1.54, 1.807) is 35.2 Å². The monoisotopic (exact) mass is 346 g/mol. The van der Waals surface area contributed by atoms with E-state index >= 15 is 0 Å². The van der Waals surface area contributed by atoms with Crippen LogP contribution < -0.4 is 0 Å². The Morgan fingerprint density at radius 1 is 1.44 bits per heavy atom. The minimum Gasteiger partial charge on any atom is -0.454 e. The van der Waals surface area contributed by atoms with Crippen molar-refractivity contribution >= 4 is 5.91 Å². The number of nitrogens with zero attached hydrogens (tertiary/aromatic N) is 4. The van der Waals surface area contributed by atoms with E-state index in [1.807, 2.05) is 0 Å². The Morgan fingerprint density at radius 3 is 3.08 bits per heavy atom. The summed E-state index contributed by atoms with van der Waals surface area (Å²) in [5.41, 5.74) is -0.162. The minimum atomic E-state index is -0.162. The third-order valence-electron chi connectivity index (χ3n) is 4.92. The molecular formula is C17H22N4O4. The molecule has 4 heterocycles. The molecule has 8 heteroatoms. The number of aromatic nitrogens is 3. The first-order chi connectivity index (χ1) is 12.2. The van der Waals surface area contributed by atoms with E-state index in [-0.39, 0.29) is 11.5 Å². The molecule has 2 aliphatic heterocycles. The van der Waals surface area contributed by atoms with Crippen LogP contribution in [0.5, 0.6) is 0 Å². The van der Waals surface area contributed by atoms with Gasteiger partial charge in [0.05, 0.1) is 19.7 Å². The van der Waals surface area contributed by atoms with E-state index in [0.29, 0.717) is 37.1 Å². The molecule has 0 bridgehead atoms. The van der Waals surface area contributed by atoms with Crippen LogP contribution >= 0.6 is 0 Å². The third-order valence-corrected chi connectivity index (χ3v) is 4.92. The summed E-state index contributed by atoms with van der Waals surface area (Å²) in [6.07, 6.45) is 5.09. The standard InChI is InChI=1S/C17H22N4O4/c1-23-5-4-13-6-17(24-8-13)9-20(10-17)16(22)15-3-2-14(25-15)7-21-12-18-11-19-21/h2-3,11-13H,4-10H2,1H3. The van der Waals surface area contributed by atoms with Crippen LogP contribution in [-0.4, -0.2) is 64.6 Å². The zero-order chi connectivity index (χ0) is 17.3. The van der Waals surface area contributed by atoms with E-state index in [0.717, 1.165) is 26.1 Å². The molecule has 2 aromatic rings. The molecule has 4 rings (SSSR count). The lowest BCUT2D eigenvalue weighted by molar-refractivity contribution is -0.0957. The van der Waals surface area contributed by atoms with Gasteiger partial charge in [0.2, 0.25) is 0 Å². The zero-order valence-corrected chi connectivity index (χ0v) is 14.3. The normalized spacial score (nSPS) is 21.6. The van der Waals surface area contributed by atoms with Crippen molar-refractivity contribution in [3.05, 3.63) is 36.3 Å². The minimum absolute atomic E-state index is 0.0839. The predicted octanol–water partition coefficient (Wildman–Crippen LogP) is 1.19. The van der Waals surface area contributed by atoms with Crippen molar-refractivity contribution in [1.82, 2.24) is 19.7 Å². The Labute approximate surface area is 145 Å². The molecule has 2 aliphatic rings. The highest BCUT2D eigenvalue weighted by Crippen LogP contribution is 2.39. The summed E-state index contributed by atoms with van der Waals surface area (Å²) < 4.78 is 18.4. The SMILES string of the molecule is COCCC1COC2(C1)CN(C(=O)c1ccc(Cn3cncn3)o1)C2. The van der Waals surface area contributed by atoms with E-state index in [1.165, 1.54) is 6.33 Å². The number of methoxy groups -OCH3 is 1. The van der Waals surface area contributed by atoms with Gasteiger partial charge in [0.15, 0.2) is 5.76 Å². The van der Waals surface area contributed by atoms with Crippen molar-refractivity contribution in [3.8, 4) is 0 Å². The Balaban J connectivity index is 1.31. The van der Waals surface area contributed by atoms with Gasteiger partial charge in [0, 0.05) is 13.7 Å². The Morgan fingerprint density at radius 2 is 2.32 bits per heavy atom. The van der Waals surface area contributed by atoms with Gasteiger partial charge in [-0.25, -0.2) is 9.67 Å². The molecule has 1 amide bonds. The van der Waals surface area contributed by atoms with Gasteiger partial charge in [-0.15, -0.1) is 0 Å². The van der Waals surface area contributed by atoms with Crippen LogP contribution in [0.2, 0.25) is 0 Å². The van der Waals surface area contributed by atoms with Gasteiger partial charge in [-0.2, -0.15) is 5.10 Å². The van der Waals surface area contributed by atoms with Crippen molar-refractivity contribution in [2.24, 2.45) is 5.92 Å². The summed E-state index contributed by atoms with van der Waals surface area (Å²) in [5, 5.41) is 4.03. The maximum atomic E-state index is 12.6. The fourth-order valence-electron chi connectivity index (χ4n) is 3.63. The molecule has 25 heavy (non-hydrogen) atoms. The smallest absolute Gasteiger partial charge is 0.289 e. The summed E-state index contributed by atoms with van der Waals surface area (Å²) in [7, 11) is 1.72. The molecular weight excluding hydrogens is 324 g/mol.